The lowest BCUT2D eigenvalue weighted by Crippen LogP contribution is -2.52. The van der Waals surface area contributed by atoms with Crippen LogP contribution in [0.15, 0.2) is 23.1 Å². The van der Waals surface area contributed by atoms with Crippen molar-refractivity contribution in [1.82, 2.24) is 4.90 Å². The largest absolute Gasteiger partial charge is 0.550 e. The van der Waals surface area contributed by atoms with Crippen molar-refractivity contribution >= 4 is 52.2 Å². The summed E-state index contributed by atoms with van der Waals surface area (Å²) in [7, 11) is 0. The molecule has 0 bridgehead atoms. The van der Waals surface area contributed by atoms with Crippen LogP contribution in [0.5, 0.6) is 11.5 Å². The Morgan fingerprint density at radius 1 is 1.27 bits per heavy atom. The Labute approximate surface area is 157 Å². The number of fused-ring (bicyclic) bond motifs is 1. The lowest BCUT2D eigenvalue weighted by atomic mass is 10.1. The lowest BCUT2D eigenvalue weighted by molar-refractivity contribution is -0.319. The van der Waals surface area contributed by atoms with Gasteiger partial charge in [0.25, 0.3) is 5.91 Å². The second-order valence-electron chi connectivity index (χ2n) is 5.37. The van der Waals surface area contributed by atoms with Crippen molar-refractivity contribution in [3.8, 4) is 11.5 Å². The molecule has 2 heterocycles. The smallest absolute Gasteiger partial charge is 0.266 e. The highest BCUT2D eigenvalue weighted by Crippen LogP contribution is 2.36. The number of hydrogen-bond donors (Lipinski definition) is 0. The zero-order valence-corrected chi connectivity index (χ0v) is 14.8. The fraction of sp³-hybridized carbons (Fsp3) is 0.250. The first kappa shape index (κ1) is 18.2. The van der Waals surface area contributed by atoms with Crippen LogP contribution in [0, 0.1) is 0 Å². The van der Waals surface area contributed by atoms with E-state index in [1.165, 1.54) is 6.08 Å². The summed E-state index contributed by atoms with van der Waals surface area (Å²) < 4.78 is 10.8. The molecule has 1 saturated heterocycles. The maximum absolute atomic E-state index is 12.5. The SMILES string of the molecule is O=C([O-])C[C@H](C(=O)[O-])N1C(=O)/C(=C/c2ccc3c(c2)OCCO3)SC1=S. The maximum atomic E-state index is 12.5. The average Bonchev–Trinajstić information content (AvgIpc) is 2.86. The fourth-order valence-corrected chi connectivity index (χ4v) is 3.84. The molecule has 0 N–H and O–H groups in total. The molecule has 1 atom stereocenters. The zero-order chi connectivity index (χ0) is 18.8. The molecule has 2 aliphatic rings. The predicted octanol–water partition coefficient (Wildman–Crippen LogP) is -1.08. The van der Waals surface area contributed by atoms with Crippen molar-refractivity contribution in [3.63, 3.8) is 0 Å². The van der Waals surface area contributed by atoms with Crippen molar-refractivity contribution in [1.29, 1.82) is 0 Å². The van der Waals surface area contributed by atoms with Crippen LogP contribution in [0.3, 0.4) is 0 Å². The summed E-state index contributed by atoms with van der Waals surface area (Å²) in [5.41, 5.74) is 0.625. The number of rotatable bonds is 5. The summed E-state index contributed by atoms with van der Waals surface area (Å²) in [6.45, 7) is 0.864. The van der Waals surface area contributed by atoms with Crippen LogP contribution in [0.25, 0.3) is 6.08 Å². The number of hydrogen-bond acceptors (Lipinski definition) is 9. The van der Waals surface area contributed by atoms with E-state index in [0.29, 0.717) is 30.3 Å². The number of carboxylic acid groups (broad SMARTS) is 2. The Morgan fingerprint density at radius 3 is 2.62 bits per heavy atom. The quantitative estimate of drug-likeness (QED) is 0.454. The third kappa shape index (κ3) is 3.65. The summed E-state index contributed by atoms with van der Waals surface area (Å²) >= 11 is 5.91. The number of carboxylic acids is 2. The normalized spacial score (nSPS) is 18.9. The highest BCUT2D eigenvalue weighted by atomic mass is 32.2. The van der Waals surface area contributed by atoms with Crippen molar-refractivity contribution < 1.29 is 34.1 Å². The van der Waals surface area contributed by atoms with Gasteiger partial charge in [-0.15, -0.1) is 0 Å². The topological polar surface area (TPSA) is 119 Å². The first-order chi connectivity index (χ1) is 12.4. The summed E-state index contributed by atoms with van der Waals surface area (Å²) in [5.74, 6) is -2.92. The number of thiocarbonyl (C=S) groups is 1. The van der Waals surface area contributed by atoms with E-state index in [1.54, 1.807) is 18.2 Å². The summed E-state index contributed by atoms with van der Waals surface area (Å²) in [4.78, 5) is 35.4. The molecule has 136 valence electrons. The van der Waals surface area contributed by atoms with Gasteiger partial charge in [0.1, 0.15) is 17.5 Å². The number of carbonyl (C=O) groups is 3. The first-order valence-corrected chi connectivity index (χ1v) is 8.66. The van der Waals surface area contributed by atoms with E-state index in [2.05, 4.69) is 0 Å². The van der Waals surface area contributed by atoms with Gasteiger partial charge in [-0.2, -0.15) is 0 Å². The van der Waals surface area contributed by atoms with Gasteiger partial charge in [0.15, 0.2) is 11.5 Å². The van der Waals surface area contributed by atoms with Crippen LogP contribution in [0.1, 0.15) is 12.0 Å². The van der Waals surface area contributed by atoms with Crippen LogP contribution >= 0.6 is 24.0 Å². The van der Waals surface area contributed by atoms with Crippen LogP contribution in [-0.4, -0.2) is 46.3 Å². The monoisotopic (exact) mass is 393 g/mol. The van der Waals surface area contributed by atoms with E-state index < -0.39 is 30.3 Å². The molecule has 26 heavy (non-hydrogen) atoms. The van der Waals surface area contributed by atoms with Gasteiger partial charge in [-0.05, 0) is 23.8 Å². The van der Waals surface area contributed by atoms with Gasteiger partial charge in [0.05, 0.1) is 16.9 Å². The van der Waals surface area contributed by atoms with Gasteiger partial charge >= 0.3 is 0 Å². The number of ether oxygens (including phenoxy) is 2. The Balaban J connectivity index is 1.87. The standard InChI is InChI=1S/C16H13NO7S2/c18-13(19)7-9(15(21)22)17-14(20)12(26-16(17)25)6-8-1-2-10-11(5-8)24-4-3-23-10/h1-2,5-6,9H,3-4,7H2,(H,18,19)(H,21,22)/p-2/b12-6-/t9-/m1/s1. The van der Waals surface area contributed by atoms with E-state index >= 15 is 0 Å². The molecule has 3 rings (SSSR count). The van der Waals surface area contributed by atoms with Crippen molar-refractivity contribution in [3.05, 3.63) is 28.7 Å². The van der Waals surface area contributed by atoms with Crippen molar-refractivity contribution in [2.24, 2.45) is 0 Å². The number of benzene rings is 1. The third-order valence-corrected chi connectivity index (χ3v) is 4.96. The molecule has 0 spiro atoms. The minimum absolute atomic E-state index is 0.0609. The van der Waals surface area contributed by atoms with Crippen molar-refractivity contribution in [2.45, 2.75) is 12.5 Å². The van der Waals surface area contributed by atoms with Crippen LogP contribution < -0.4 is 19.7 Å². The van der Waals surface area contributed by atoms with E-state index in [4.69, 9.17) is 21.7 Å². The minimum atomic E-state index is -1.72. The molecule has 0 aliphatic carbocycles. The number of thioether (sulfide) groups is 1. The van der Waals surface area contributed by atoms with Crippen molar-refractivity contribution in [2.75, 3.05) is 13.2 Å². The molecular weight excluding hydrogens is 382 g/mol. The van der Waals surface area contributed by atoms with Gasteiger partial charge < -0.3 is 29.3 Å². The molecule has 1 amide bonds. The van der Waals surface area contributed by atoms with Gasteiger partial charge in [0, 0.05) is 12.4 Å². The molecule has 10 heteroatoms. The third-order valence-electron chi connectivity index (χ3n) is 3.63. The Hall–Kier alpha value is -2.59. The molecule has 1 aromatic rings. The summed E-state index contributed by atoms with van der Waals surface area (Å²) in [6, 6.07) is 3.36. The average molecular weight is 393 g/mol. The fourth-order valence-electron chi connectivity index (χ4n) is 2.49. The number of aliphatic carboxylic acids is 2. The molecule has 1 aromatic carbocycles. The highest BCUT2D eigenvalue weighted by molar-refractivity contribution is 8.26. The first-order valence-electron chi connectivity index (χ1n) is 7.44. The van der Waals surface area contributed by atoms with E-state index in [0.717, 1.165) is 16.7 Å². The molecule has 0 unspecified atom stereocenters. The second-order valence-corrected chi connectivity index (χ2v) is 7.04. The molecule has 0 radical (unpaired) electrons. The van der Waals surface area contributed by atoms with Gasteiger partial charge in [-0.1, -0.05) is 30.0 Å². The summed E-state index contributed by atoms with van der Waals surface area (Å²) in [5, 5.41) is 22.0. The zero-order valence-electron chi connectivity index (χ0n) is 13.1. The number of carbonyl (C=O) groups excluding carboxylic acids is 3. The second kappa shape index (κ2) is 7.34. The Bertz CT molecular complexity index is 836. The van der Waals surface area contributed by atoms with Crippen LogP contribution in [-0.2, 0) is 14.4 Å². The van der Waals surface area contributed by atoms with Gasteiger partial charge in [-0.3, -0.25) is 9.69 Å². The van der Waals surface area contributed by atoms with E-state index in [9.17, 15) is 24.6 Å². The van der Waals surface area contributed by atoms with E-state index in [1.807, 2.05) is 0 Å². The molecule has 0 saturated carbocycles. The lowest BCUT2D eigenvalue weighted by Gasteiger charge is -2.27. The van der Waals surface area contributed by atoms with Crippen LogP contribution in [0.2, 0.25) is 0 Å². The molecular formula is C16H11NO7S2-2. The number of nitrogens with zero attached hydrogens (tertiary/aromatic N) is 1. The van der Waals surface area contributed by atoms with Gasteiger partial charge in [0.2, 0.25) is 0 Å². The van der Waals surface area contributed by atoms with E-state index in [-0.39, 0.29) is 9.23 Å². The Morgan fingerprint density at radius 2 is 1.96 bits per heavy atom. The summed E-state index contributed by atoms with van der Waals surface area (Å²) in [6.07, 6.45) is 0.606. The molecule has 8 nitrogen and oxygen atoms in total. The van der Waals surface area contributed by atoms with Crippen LogP contribution in [0.4, 0.5) is 0 Å². The molecule has 2 aliphatic heterocycles. The minimum Gasteiger partial charge on any atom is -0.550 e. The van der Waals surface area contributed by atoms with Gasteiger partial charge in [-0.25, -0.2) is 0 Å². The number of amides is 1. The Kier molecular flexibility index (Phi) is 5.14. The molecule has 1 fully saturated rings. The highest BCUT2D eigenvalue weighted by Gasteiger charge is 2.37. The maximum Gasteiger partial charge on any atom is 0.266 e. The molecule has 0 aromatic heterocycles. The predicted molar refractivity (Wildman–Crippen MR) is 90.9 cm³/mol.